The van der Waals surface area contributed by atoms with Gasteiger partial charge in [0.25, 0.3) is 6.43 Å². The van der Waals surface area contributed by atoms with Gasteiger partial charge in [-0.2, -0.15) is 13.2 Å². The average molecular weight is 290 g/mol. The molecule has 0 bridgehead atoms. The minimum atomic E-state index is -5.11. The Morgan fingerprint density at radius 3 is 2.39 bits per heavy atom. The van der Waals surface area contributed by atoms with Gasteiger partial charge in [0, 0.05) is 6.20 Å². The van der Waals surface area contributed by atoms with Gasteiger partial charge in [-0.15, -0.1) is 0 Å². The zero-order chi connectivity index (χ0) is 14.1. The number of nitrogens with zero attached hydrogens (tertiary/aromatic N) is 1. The molecule has 0 aliphatic carbocycles. The first-order chi connectivity index (χ1) is 8.14. The van der Waals surface area contributed by atoms with Crippen LogP contribution in [-0.2, 0) is 17.4 Å². The molecule has 0 aromatic carbocycles. The standard InChI is InChI=1S/C9H5ClF5NO2/c10-3-2-16-4(1-5(17)18)6(8(11)12)7(3)9(13,14)15/h2,8H,1H2,(H,17,18). The highest BCUT2D eigenvalue weighted by atomic mass is 35.5. The Morgan fingerprint density at radius 1 is 1.44 bits per heavy atom. The molecule has 0 saturated heterocycles. The number of rotatable bonds is 3. The van der Waals surface area contributed by atoms with Gasteiger partial charge in [-0.05, 0) is 0 Å². The zero-order valence-corrected chi connectivity index (χ0v) is 9.19. The molecule has 0 saturated carbocycles. The molecule has 0 spiro atoms. The van der Waals surface area contributed by atoms with Crippen LogP contribution in [0.25, 0.3) is 0 Å². The highest BCUT2D eigenvalue weighted by Gasteiger charge is 2.40. The minimum absolute atomic E-state index is 0.508. The number of hydrogen-bond donors (Lipinski definition) is 1. The topological polar surface area (TPSA) is 50.2 Å². The molecule has 0 aliphatic heterocycles. The minimum Gasteiger partial charge on any atom is -0.481 e. The van der Waals surface area contributed by atoms with Crippen LogP contribution in [0.3, 0.4) is 0 Å². The molecule has 1 heterocycles. The molecular formula is C9H5ClF5NO2. The lowest BCUT2D eigenvalue weighted by Crippen LogP contribution is -2.16. The Kier molecular flexibility index (Phi) is 4.10. The molecule has 0 aliphatic rings. The maximum absolute atomic E-state index is 12.7. The van der Waals surface area contributed by atoms with E-state index < -0.39 is 46.8 Å². The molecule has 3 nitrogen and oxygen atoms in total. The summed E-state index contributed by atoms with van der Waals surface area (Å²) < 4.78 is 63.1. The third-order valence-electron chi connectivity index (χ3n) is 1.97. The predicted octanol–water partition coefficient (Wildman–Crippen LogP) is 3.32. The lowest BCUT2D eigenvalue weighted by atomic mass is 10.0. The summed E-state index contributed by atoms with van der Waals surface area (Å²) >= 11 is 5.20. The summed E-state index contributed by atoms with van der Waals surface area (Å²) in [6.07, 6.45) is -9.17. The van der Waals surface area contributed by atoms with Gasteiger partial charge in [0.2, 0.25) is 0 Å². The number of aromatic nitrogens is 1. The maximum Gasteiger partial charge on any atom is 0.418 e. The molecule has 1 aromatic rings. The first-order valence-electron chi connectivity index (χ1n) is 4.39. The molecule has 0 amide bonds. The molecule has 0 radical (unpaired) electrons. The second kappa shape index (κ2) is 5.05. The molecule has 1 rings (SSSR count). The van der Waals surface area contributed by atoms with Crippen LogP contribution in [0.15, 0.2) is 6.20 Å². The van der Waals surface area contributed by atoms with Crippen LogP contribution in [0.5, 0.6) is 0 Å². The lowest BCUT2D eigenvalue weighted by molar-refractivity contribution is -0.140. The number of carbonyl (C=O) groups is 1. The third kappa shape index (κ3) is 3.06. The SMILES string of the molecule is O=C(O)Cc1ncc(Cl)c(C(F)(F)F)c1C(F)F. The maximum atomic E-state index is 12.7. The zero-order valence-electron chi connectivity index (χ0n) is 8.43. The van der Waals surface area contributed by atoms with Crippen molar-refractivity contribution in [3.05, 3.63) is 28.0 Å². The summed E-state index contributed by atoms with van der Waals surface area (Å²) in [6, 6.07) is 0. The number of carboxylic acids is 1. The van der Waals surface area contributed by atoms with Crippen LogP contribution in [0, 0.1) is 0 Å². The molecule has 1 aromatic heterocycles. The van der Waals surface area contributed by atoms with Gasteiger partial charge in [0.15, 0.2) is 0 Å². The summed E-state index contributed by atoms with van der Waals surface area (Å²) in [7, 11) is 0. The van der Waals surface area contributed by atoms with E-state index >= 15 is 0 Å². The molecule has 100 valence electrons. The van der Waals surface area contributed by atoms with Crippen molar-refractivity contribution < 1.29 is 31.9 Å². The van der Waals surface area contributed by atoms with Crippen LogP contribution in [0.1, 0.15) is 23.2 Å². The van der Waals surface area contributed by atoms with Crippen LogP contribution >= 0.6 is 11.6 Å². The fraction of sp³-hybridized carbons (Fsp3) is 0.333. The quantitative estimate of drug-likeness (QED) is 0.869. The first kappa shape index (κ1) is 14.6. The van der Waals surface area contributed by atoms with Crippen LogP contribution in [0.4, 0.5) is 22.0 Å². The largest absolute Gasteiger partial charge is 0.481 e. The van der Waals surface area contributed by atoms with Crippen molar-refractivity contribution in [2.75, 3.05) is 0 Å². The van der Waals surface area contributed by atoms with Gasteiger partial charge < -0.3 is 5.11 Å². The number of carboxylic acid groups (broad SMARTS) is 1. The molecule has 18 heavy (non-hydrogen) atoms. The Bertz CT molecular complexity index is 475. The highest BCUT2D eigenvalue weighted by Crippen LogP contribution is 2.41. The Hall–Kier alpha value is -1.44. The Balaban J connectivity index is 3.53. The van der Waals surface area contributed by atoms with E-state index in [9.17, 15) is 26.7 Å². The molecule has 0 atom stereocenters. The summed E-state index contributed by atoms with van der Waals surface area (Å²) in [5.41, 5.74) is -4.09. The van der Waals surface area contributed by atoms with E-state index in [1.807, 2.05) is 0 Å². The summed E-state index contributed by atoms with van der Waals surface area (Å²) in [5.74, 6) is -1.57. The number of aliphatic carboxylic acids is 1. The van der Waals surface area contributed by atoms with E-state index in [2.05, 4.69) is 4.98 Å². The van der Waals surface area contributed by atoms with Gasteiger partial charge in [-0.3, -0.25) is 9.78 Å². The van der Waals surface area contributed by atoms with Gasteiger partial charge in [0.1, 0.15) is 0 Å². The van der Waals surface area contributed by atoms with Crippen molar-refractivity contribution in [3.63, 3.8) is 0 Å². The first-order valence-corrected chi connectivity index (χ1v) is 4.76. The van der Waals surface area contributed by atoms with Gasteiger partial charge >= 0.3 is 12.1 Å². The van der Waals surface area contributed by atoms with E-state index in [4.69, 9.17) is 16.7 Å². The monoisotopic (exact) mass is 289 g/mol. The van der Waals surface area contributed by atoms with Gasteiger partial charge in [-0.1, -0.05) is 11.6 Å². The predicted molar refractivity (Wildman–Crippen MR) is 50.5 cm³/mol. The van der Waals surface area contributed by atoms with E-state index in [0.717, 1.165) is 0 Å². The Morgan fingerprint density at radius 2 is 2.00 bits per heavy atom. The molecule has 1 N–H and O–H groups in total. The van der Waals surface area contributed by atoms with E-state index in [1.165, 1.54) is 0 Å². The number of hydrogen-bond acceptors (Lipinski definition) is 2. The molecule has 0 fully saturated rings. The molecule has 9 heteroatoms. The van der Waals surface area contributed by atoms with Crippen molar-refractivity contribution in [1.82, 2.24) is 4.98 Å². The number of halogens is 6. The lowest BCUT2D eigenvalue weighted by Gasteiger charge is -2.16. The molecule has 0 unspecified atom stereocenters. The van der Waals surface area contributed by atoms with Crippen molar-refractivity contribution in [1.29, 1.82) is 0 Å². The number of alkyl halides is 5. The second-order valence-corrected chi connectivity index (χ2v) is 3.62. The summed E-state index contributed by atoms with van der Waals surface area (Å²) in [4.78, 5) is 13.6. The van der Waals surface area contributed by atoms with E-state index in [1.54, 1.807) is 0 Å². The van der Waals surface area contributed by atoms with E-state index in [-0.39, 0.29) is 0 Å². The fourth-order valence-electron chi connectivity index (χ4n) is 1.35. The molecular weight excluding hydrogens is 285 g/mol. The van der Waals surface area contributed by atoms with Crippen LogP contribution in [0.2, 0.25) is 5.02 Å². The van der Waals surface area contributed by atoms with Gasteiger partial charge in [0.05, 0.1) is 28.3 Å². The normalized spacial score (nSPS) is 11.9. The smallest absolute Gasteiger partial charge is 0.418 e. The fourth-order valence-corrected chi connectivity index (χ4v) is 1.61. The number of pyridine rings is 1. The van der Waals surface area contributed by atoms with Gasteiger partial charge in [-0.25, -0.2) is 8.78 Å². The highest BCUT2D eigenvalue weighted by molar-refractivity contribution is 6.31. The van der Waals surface area contributed by atoms with E-state index in [0.29, 0.717) is 6.20 Å². The third-order valence-corrected chi connectivity index (χ3v) is 2.26. The van der Waals surface area contributed by atoms with Crippen molar-refractivity contribution >= 4 is 17.6 Å². The van der Waals surface area contributed by atoms with Crippen molar-refractivity contribution in [2.45, 2.75) is 19.0 Å². The summed E-state index contributed by atoms with van der Waals surface area (Å²) in [6.45, 7) is 0. The average Bonchev–Trinajstić information content (AvgIpc) is 2.17. The van der Waals surface area contributed by atoms with Crippen molar-refractivity contribution in [3.8, 4) is 0 Å². The van der Waals surface area contributed by atoms with Crippen molar-refractivity contribution in [2.24, 2.45) is 0 Å². The van der Waals surface area contributed by atoms with Crippen LogP contribution in [-0.4, -0.2) is 16.1 Å². The second-order valence-electron chi connectivity index (χ2n) is 3.21. The summed E-state index contributed by atoms with van der Waals surface area (Å²) in [5, 5.41) is 7.44. The Labute approximate surface area is 102 Å². The van der Waals surface area contributed by atoms with Crippen LogP contribution < -0.4 is 0 Å².